The molecule has 0 radical (unpaired) electrons. The van der Waals surface area contributed by atoms with Crippen molar-refractivity contribution < 1.29 is 13.9 Å². The van der Waals surface area contributed by atoms with Crippen molar-refractivity contribution in [2.75, 3.05) is 0 Å². The van der Waals surface area contributed by atoms with Gasteiger partial charge in [-0.15, -0.1) is 0 Å². The number of carbonyl (C=O) groups excluding carboxylic acids is 1. The van der Waals surface area contributed by atoms with E-state index in [1.807, 2.05) is 17.6 Å². The molecule has 0 atom stereocenters. The summed E-state index contributed by atoms with van der Waals surface area (Å²) in [5, 5.41) is 0.644. The van der Waals surface area contributed by atoms with Crippen LogP contribution in [0.5, 0.6) is 0 Å². The van der Waals surface area contributed by atoms with E-state index in [9.17, 15) is 9.18 Å². The van der Waals surface area contributed by atoms with Gasteiger partial charge in [-0.1, -0.05) is 23.7 Å². The number of hydrazine groups is 1. The number of nitrogens with one attached hydrogen (secondary N) is 1. The number of amides is 1. The molecule has 0 bridgehead atoms. The first-order chi connectivity index (χ1) is 10.1. The second-order valence-corrected chi connectivity index (χ2v) is 4.84. The highest BCUT2D eigenvalue weighted by Crippen LogP contribution is 2.14. The van der Waals surface area contributed by atoms with Crippen LogP contribution in [0.2, 0.25) is 5.02 Å². The third-order valence-electron chi connectivity index (χ3n) is 2.88. The number of carbonyl (C=O) groups is 1. The van der Waals surface area contributed by atoms with Crippen LogP contribution >= 0.6 is 11.6 Å². The number of nitrogen functional groups attached to an aromatic ring is 1. The van der Waals surface area contributed by atoms with E-state index in [2.05, 4.69) is 0 Å². The molecule has 0 aliphatic rings. The first kappa shape index (κ1) is 15.4. The fourth-order valence-electron chi connectivity index (χ4n) is 1.77. The van der Waals surface area contributed by atoms with E-state index in [1.54, 1.807) is 12.1 Å². The van der Waals surface area contributed by atoms with Gasteiger partial charge in [0, 0.05) is 16.1 Å². The molecule has 21 heavy (non-hydrogen) atoms. The molecule has 0 aliphatic heterocycles. The second-order valence-electron chi connectivity index (χ2n) is 4.40. The Hall–Kier alpha value is -1.95. The highest BCUT2D eigenvalue weighted by molar-refractivity contribution is 6.30. The monoisotopic (exact) mass is 308 g/mol. The van der Waals surface area contributed by atoms with Crippen LogP contribution in [0.3, 0.4) is 0 Å². The minimum absolute atomic E-state index is 0.0557. The standard InChI is InChI=1S/C15H14ClFN2O2/c16-13-4-1-10(2-5-13)8-21-9-12-7-11(15(20)19-18)3-6-14(12)17/h1-7H,8-9,18H2,(H,19,20). The summed E-state index contributed by atoms with van der Waals surface area (Å²) in [6.07, 6.45) is 0. The molecule has 0 spiro atoms. The molecule has 2 aromatic carbocycles. The Balaban J connectivity index is 1.99. The SMILES string of the molecule is NNC(=O)c1ccc(F)c(COCc2ccc(Cl)cc2)c1. The zero-order chi connectivity index (χ0) is 15.2. The van der Waals surface area contributed by atoms with E-state index in [4.69, 9.17) is 22.2 Å². The number of rotatable bonds is 5. The topological polar surface area (TPSA) is 64.3 Å². The Morgan fingerprint density at radius 1 is 1.19 bits per heavy atom. The zero-order valence-corrected chi connectivity index (χ0v) is 11.9. The number of hydrogen-bond acceptors (Lipinski definition) is 3. The summed E-state index contributed by atoms with van der Waals surface area (Å²) < 4.78 is 19.1. The number of benzene rings is 2. The highest BCUT2D eigenvalue weighted by Gasteiger charge is 2.09. The predicted molar refractivity (Wildman–Crippen MR) is 78.0 cm³/mol. The summed E-state index contributed by atoms with van der Waals surface area (Å²) in [6.45, 7) is 0.379. The van der Waals surface area contributed by atoms with E-state index in [0.717, 1.165) is 5.56 Å². The summed E-state index contributed by atoms with van der Waals surface area (Å²) in [4.78, 5) is 11.4. The van der Waals surface area contributed by atoms with E-state index in [1.165, 1.54) is 18.2 Å². The van der Waals surface area contributed by atoms with E-state index in [0.29, 0.717) is 17.2 Å². The van der Waals surface area contributed by atoms with Gasteiger partial charge >= 0.3 is 0 Å². The van der Waals surface area contributed by atoms with Crippen LogP contribution in [0.1, 0.15) is 21.5 Å². The third-order valence-corrected chi connectivity index (χ3v) is 3.13. The number of nitrogens with two attached hydrogens (primary N) is 1. The van der Waals surface area contributed by atoms with Crippen molar-refractivity contribution in [3.8, 4) is 0 Å². The van der Waals surface area contributed by atoms with Crippen LogP contribution in [0.25, 0.3) is 0 Å². The molecule has 0 aromatic heterocycles. The third kappa shape index (κ3) is 4.26. The van der Waals surface area contributed by atoms with E-state index in [-0.39, 0.29) is 12.2 Å². The normalized spacial score (nSPS) is 10.4. The van der Waals surface area contributed by atoms with Crippen molar-refractivity contribution in [3.05, 3.63) is 70.0 Å². The van der Waals surface area contributed by atoms with Crippen molar-refractivity contribution in [2.24, 2.45) is 5.84 Å². The number of ether oxygens (including phenoxy) is 1. The van der Waals surface area contributed by atoms with Gasteiger partial charge in [0.2, 0.25) is 0 Å². The number of halogens is 2. The molecule has 3 N–H and O–H groups in total. The van der Waals surface area contributed by atoms with Gasteiger partial charge in [-0.25, -0.2) is 10.2 Å². The van der Waals surface area contributed by atoms with Crippen molar-refractivity contribution in [1.82, 2.24) is 5.43 Å². The predicted octanol–water partition coefficient (Wildman–Crippen LogP) is 2.80. The summed E-state index contributed by atoms with van der Waals surface area (Å²) in [6, 6.07) is 11.2. The van der Waals surface area contributed by atoms with Crippen LogP contribution < -0.4 is 11.3 Å². The van der Waals surface area contributed by atoms with E-state index < -0.39 is 11.7 Å². The smallest absolute Gasteiger partial charge is 0.265 e. The Labute approximate surface area is 126 Å². The quantitative estimate of drug-likeness (QED) is 0.507. The summed E-state index contributed by atoms with van der Waals surface area (Å²) in [7, 11) is 0. The van der Waals surface area contributed by atoms with Crippen LogP contribution in [0, 0.1) is 5.82 Å². The average Bonchev–Trinajstić information content (AvgIpc) is 2.50. The fraction of sp³-hybridized carbons (Fsp3) is 0.133. The lowest BCUT2D eigenvalue weighted by atomic mass is 10.1. The van der Waals surface area contributed by atoms with Crippen molar-refractivity contribution in [1.29, 1.82) is 0 Å². The molecule has 0 saturated heterocycles. The molecular formula is C15H14ClFN2O2. The van der Waals surface area contributed by atoms with Crippen LogP contribution in [0.4, 0.5) is 4.39 Å². The Bertz CT molecular complexity index is 632. The molecule has 110 valence electrons. The van der Waals surface area contributed by atoms with Gasteiger partial charge in [-0.2, -0.15) is 0 Å². The lowest BCUT2D eigenvalue weighted by Gasteiger charge is -2.08. The van der Waals surface area contributed by atoms with Crippen LogP contribution in [0.15, 0.2) is 42.5 Å². The number of hydrogen-bond donors (Lipinski definition) is 2. The van der Waals surface area contributed by atoms with Crippen LogP contribution in [-0.4, -0.2) is 5.91 Å². The molecule has 0 saturated carbocycles. The minimum Gasteiger partial charge on any atom is -0.372 e. The first-order valence-corrected chi connectivity index (χ1v) is 6.59. The zero-order valence-electron chi connectivity index (χ0n) is 11.1. The first-order valence-electron chi connectivity index (χ1n) is 6.21. The lowest BCUT2D eigenvalue weighted by Crippen LogP contribution is -2.30. The molecule has 0 heterocycles. The molecule has 2 rings (SSSR count). The van der Waals surface area contributed by atoms with Crippen molar-refractivity contribution in [3.63, 3.8) is 0 Å². The maximum absolute atomic E-state index is 13.7. The molecule has 0 aliphatic carbocycles. The largest absolute Gasteiger partial charge is 0.372 e. The summed E-state index contributed by atoms with van der Waals surface area (Å²) in [5.74, 6) is 4.14. The molecule has 6 heteroatoms. The summed E-state index contributed by atoms with van der Waals surface area (Å²) >= 11 is 5.78. The minimum atomic E-state index is -0.478. The fourth-order valence-corrected chi connectivity index (χ4v) is 1.90. The molecule has 0 fully saturated rings. The van der Waals surface area contributed by atoms with E-state index >= 15 is 0 Å². The molecule has 0 unspecified atom stereocenters. The van der Waals surface area contributed by atoms with Gasteiger partial charge in [0.05, 0.1) is 13.2 Å². The maximum atomic E-state index is 13.7. The van der Waals surface area contributed by atoms with Gasteiger partial charge < -0.3 is 4.74 Å². The van der Waals surface area contributed by atoms with Crippen molar-refractivity contribution >= 4 is 17.5 Å². The molecule has 2 aromatic rings. The van der Waals surface area contributed by atoms with Crippen LogP contribution in [-0.2, 0) is 18.0 Å². The van der Waals surface area contributed by atoms with Gasteiger partial charge in [0.25, 0.3) is 5.91 Å². The maximum Gasteiger partial charge on any atom is 0.265 e. The van der Waals surface area contributed by atoms with Gasteiger partial charge in [-0.3, -0.25) is 10.2 Å². The van der Waals surface area contributed by atoms with Gasteiger partial charge in [-0.05, 0) is 35.9 Å². The van der Waals surface area contributed by atoms with Gasteiger partial charge in [0.1, 0.15) is 5.82 Å². The molecule has 4 nitrogen and oxygen atoms in total. The Morgan fingerprint density at radius 3 is 2.57 bits per heavy atom. The second kappa shape index (κ2) is 7.17. The highest BCUT2D eigenvalue weighted by atomic mass is 35.5. The average molecular weight is 309 g/mol. The van der Waals surface area contributed by atoms with Gasteiger partial charge in [0.15, 0.2) is 0 Å². The Kier molecular flexibility index (Phi) is 5.27. The van der Waals surface area contributed by atoms with Crippen molar-refractivity contribution in [2.45, 2.75) is 13.2 Å². The summed E-state index contributed by atoms with van der Waals surface area (Å²) in [5.41, 5.74) is 3.50. The Morgan fingerprint density at radius 2 is 1.90 bits per heavy atom. The molecule has 1 amide bonds. The lowest BCUT2D eigenvalue weighted by molar-refractivity contribution is 0.0951. The molecular weight excluding hydrogens is 295 g/mol.